The second-order valence-corrected chi connectivity index (χ2v) is 11.1. The fourth-order valence-corrected chi connectivity index (χ4v) is 5.52. The van der Waals surface area contributed by atoms with Crippen LogP contribution in [0.2, 0.25) is 0 Å². The molecule has 0 spiro atoms. The van der Waals surface area contributed by atoms with E-state index in [1.54, 1.807) is 0 Å². The van der Waals surface area contributed by atoms with E-state index in [0.29, 0.717) is 39.1 Å². The van der Waals surface area contributed by atoms with E-state index in [9.17, 15) is 9.59 Å². The van der Waals surface area contributed by atoms with Crippen molar-refractivity contribution < 1.29 is 43.1 Å². The van der Waals surface area contributed by atoms with E-state index < -0.39 is 12.1 Å². The van der Waals surface area contributed by atoms with Crippen LogP contribution < -0.4 is 4.74 Å². The van der Waals surface area contributed by atoms with Gasteiger partial charge in [0.05, 0.1) is 24.7 Å². The van der Waals surface area contributed by atoms with Crippen LogP contribution in [-0.2, 0) is 33.3 Å². The smallest absolute Gasteiger partial charge is 0.303 e. The lowest BCUT2D eigenvalue weighted by Crippen LogP contribution is -2.40. The molecular formula is C32H46O9. The standard InChI is InChI=1S/C32H46O9/c33-27-21-28(41-31-18-10-12-20-37-31)32(26(27)15-7-2-1-3-8-16-29(34)35)39-23-25(40-30-17-9-11-19-36-30)22-38-24-13-5-4-6-14-24/h2,4-7,13-14,25-26,28,30-32H,1,3,8-12,15-23H2,(H,34,35). The maximum atomic E-state index is 13.2. The minimum atomic E-state index is -0.773. The van der Waals surface area contributed by atoms with Gasteiger partial charge < -0.3 is 33.5 Å². The van der Waals surface area contributed by atoms with Gasteiger partial charge >= 0.3 is 5.97 Å². The number of hydrogen-bond donors (Lipinski definition) is 1. The van der Waals surface area contributed by atoms with Crippen molar-refractivity contribution in [2.75, 3.05) is 26.4 Å². The number of ketones is 1. The lowest BCUT2D eigenvalue weighted by atomic mass is 9.99. The summed E-state index contributed by atoms with van der Waals surface area (Å²) < 4.78 is 36.8. The molecule has 2 saturated heterocycles. The Hall–Kier alpha value is -2.30. The highest BCUT2D eigenvalue weighted by Gasteiger charge is 2.45. The van der Waals surface area contributed by atoms with Crippen molar-refractivity contribution in [1.82, 2.24) is 0 Å². The van der Waals surface area contributed by atoms with E-state index in [-0.39, 0.29) is 49.5 Å². The van der Waals surface area contributed by atoms with Crippen LogP contribution in [0.25, 0.3) is 0 Å². The molecule has 9 heteroatoms. The number of para-hydroxylation sites is 1. The molecule has 6 atom stereocenters. The van der Waals surface area contributed by atoms with Crippen molar-refractivity contribution in [2.45, 2.75) is 108 Å². The normalized spacial score (nSPS) is 27.7. The molecule has 1 aromatic rings. The minimum Gasteiger partial charge on any atom is -0.491 e. The molecule has 1 aromatic carbocycles. The van der Waals surface area contributed by atoms with Crippen LogP contribution in [0.5, 0.6) is 5.75 Å². The topological polar surface area (TPSA) is 110 Å². The molecule has 3 fully saturated rings. The van der Waals surface area contributed by atoms with Gasteiger partial charge in [0.25, 0.3) is 0 Å². The molecule has 0 bridgehead atoms. The second kappa shape index (κ2) is 17.6. The minimum absolute atomic E-state index is 0.125. The summed E-state index contributed by atoms with van der Waals surface area (Å²) >= 11 is 0. The number of carboxylic acids is 1. The molecule has 1 aliphatic carbocycles. The number of unbranched alkanes of at least 4 members (excludes halogenated alkanes) is 2. The third-order valence-electron chi connectivity index (χ3n) is 7.75. The van der Waals surface area contributed by atoms with Gasteiger partial charge in [-0.15, -0.1) is 0 Å². The van der Waals surface area contributed by atoms with Crippen molar-refractivity contribution in [3.05, 3.63) is 42.5 Å². The third kappa shape index (κ3) is 11.1. The zero-order valence-electron chi connectivity index (χ0n) is 24.0. The van der Waals surface area contributed by atoms with Gasteiger partial charge in [0.15, 0.2) is 12.6 Å². The van der Waals surface area contributed by atoms with Crippen molar-refractivity contribution >= 4 is 11.8 Å². The maximum Gasteiger partial charge on any atom is 0.303 e. The van der Waals surface area contributed by atoms with Gasteiger partial charge in [-0.05, 0) is 76.3 Å². The average molecular weight is 575 g/mol. The molecule has 41 heavy (non-hydrogen) atoms. The van der Waals surface area contributed by atoms with Gasteiger partial charge in [0, 0.05) is 26.1 Å². The lowest BCUT2D eigenvalue weighted by Gasteiger charge is -2.32. The molecular weight excluding hydrogens is 528 g/mol. The van der Waals surface area contributed by atoms with Gasteiger partial charge in [0.2, 0.25) is 0 Å². The first-order valence-electron chi connectivity index (χ1n) is 15.3. The first-order chi connectivity index (χ1) is 20.1. The van der Waals surface area contributed by atoms with Crippen LogP contribution >= 0.6 is 0 Å². The molecule has 1 saturated carbocycles. The summed E-state index contributed by atoms with van der Waals surface area (Å²) in [5.41, 5.74) is 0. The Bertz CT molecular complexity index is 924. The monoisotopic (exact) mass is 574 g/mol. The highest BCUT2D eigenvalue weighted by Crippen LogP contribution is 2.33. The number of carbonyl (C=O) groups excluding carboxylic acids is 1. The van der Waals surface area contributed by atoms with Gasteiger partial charge in [-0.1, -0.05) is 30.4 Å². The number of allylic oxidation sites excluding steroid dienone is 2. The summed E-state index contributed by atoms with van der Waals surface area (Å²) in [5.74, 6) is -0.228. The fraction of sp³-hybridized carbons (Fsp3) is 0.688. The highest BCUT2D eigenvalue weighted by atomic mass is 16.7. The number of rotatable bonds is 17. The number of carboxylic acid groups (broad SMARTS) is 1. The lowest BCUT2D eigenvalue weighted by molar-refractivity contribution is -0.226. The van der Waals surface area contributed by atoms with Gasteiger partial charge in [-0.25, -0.2) is 0 Å². The number of Topliss-reactive ketones (excluding diaryl/α,β-unsaturated/α-hetero) is 1. The number of benzene rings is 1. The summed E-state index contributed by atoms with van der Waals surface area (Å²) in [7, 11) is 0. The van der Waals surface area contributed by atoms with E-state index >= 15 is 0 Å². The Morgan fingerprint density at radius 1 is 0.976 bits per heavy atom. The van der Waals surface area contributed by atoms with Gasteiger partial charge in [0.1, 0.15) is 24.2 Å². The molecule has 9 nitrogen and oxygen atoms in total. The van der Waals surface area contributed by atoms with Crippen LogP contribution in [-0.4, -0.2) is 74.2 Å². The Balaban J connectivity index is 1.38. The summed E-state index contributed by atoms with van der Waals surface area (Å²) in [6.07, 6.45) is 11.3. The Morgan fingerprint density at radius 2 is 1.73 bits per heavy atom. The number of hydrogen-bond acceptors (Lipinski definition) is 8. The van der Waals surface area contributed by atoms with E-state index in [2.05, 4.69) is 0 Å². The third-order valence-corrected chi connectivity index (χ3v) is 7.75. The molecule has 2 aliphatic heterocycles. The zero-order valence-corrected chi connectivity index (χ0v) is 24.0. The van der Waals surface area contributed by atoms with Gasteiger partial charge in [-0.3, -0.25) is 9.59 Å². The highest BCUT2D eigenvalue weighted by molar-refractivity contribution is 5.85. The molecule has 2 heterocycles. The molecule has 228 valence electrons. The summed E-state index contributed by atoms with van der Waals surface area (Å²) in [4.78, 5) is 23.9. The number of aliphatic carboxylic acids is 1. The molecule has 0 amide bonds. The number of carbonyl (C=O) groups is 2. The van der Waals surface area contributed by atoms with Gasteiger partial charge in [-0.2, -0.15) is 0 Å². The predicted octanol–water partition coefficient (Wildman–Crippen LogP) is 5.45. The van der Waals surface area contributed by atoms with Crippen molar-refractivity contribution in [3.63, 3.8) is 0 Å². The van der Waals surface area contributed by atoms with Crippen LogP contribution in [0.15, 0.2) is 42.5 Å². The van der Waals surface area contributed by atoms with E-state index in [1.165, 1.54) is 0 Å². The molecule has 3 aliphatic rings. The largest absolute Gasteiger partial charge is 0.491 e. The molecule has 4 rings (SSSR count). The second-order valence-electron chi connectivity index (χ2n) is 11.1. The van der Waals surface area contributed by atoms with E-state index in [4.69, 9.17) is 33.5 Å². The van der Waals surface area contributed by atoms with Crippen LogP contribution in [0.4, 0.5) is 0 Å². The Kier molecular flexibility index (Phi) is 13.6. The summed E-state index contributed by atoms with van der Waals surface area (Å²) in [6.45, 7) is 1.88. The first-order valence-corrected chi connectivity index (χ1v) is 15.3. The van der Waals surface area contributed by atoms with Crippen molar-refractivity contribution in [2.24, 2.45) is 5.92 Å². The summed E-state index contributed by atoms with van der Waals surface area (Å²) in [6, 6.07) is 9.61. The molecule has 1 N–H and O–H groups in total. The Morgan fingerprint density at radius 3 is 2.44 bits per heavy atom. The van der Waals surface area contributed by atoms with E-state index in [1.807, 2.05) is 42.5 Å². The van der Waals surface area contributed by atoms with Crippen molar-refractivity contribution in [3.8, 4) is 5.75 Å². The zero-order chi connectivity index (χ0) is 28.7. The van der Waals surface area contributed by atoms with Crippen LogP contribution in [0.1, 0.15) is 77.0 Å². The quantitative estimate of drug-likeness (QED) is 0.192. The predicted molar refractivity (Wildman–Crippen MR) is 152 cm³/mol. The fourth-order valence-electron chi connectivity index (χ4n) is 5.52. The van der Waals surface area contributed by atoms with Crippen molar-refractivity contribution in [1.29, 1.82) is 0 Å². The average Bonchev–Trinajstić information content (AvgIpc) is 3.28. The molecule has 6 unspecified atom stereocenters. The first kappa shape index (κ1) is 31.6. The van der Waals surface area contributed by atoms with Crippen LogP contribution in [0.3, 0.4) is 0 Å². The SMILES string of the molecule is O=C(O)CCCCC=CCC1C(=O)CC(OC2CCCCO2)C1OCC(COc1ccccc1)OC1CCCCO1. The van der Waals surface area contributed by atoms with Crippen LogP contribution in [0, 0.1) is 5.92 Å². The van der Waals surface area contributed by atoms with E-state index in [0.717, 1.165) is 57.1 Å². The Labute approximate surface area is 243 Å². The molecule has 0 radical (unpaired) electrons. The molecule has 0 aromatic heterocycles. The summed E-state index contributed by atoms with van der Waals surface area (Å²) in [5, 5.41) is 8.82. The number of ether oxygens (including phenoxy) is 6. The maximum absolute atomic E-state index is 13.2.